The van der Waals surface area contributed by atoms with E-state index < -0.39 is 28.1 Å². The van der Waals surface area contributed by atoms with Gasteiger partial charge in [-0.15, -0.1) is 11.3 Å². The summed E-state index contributed by atoms with van der Waals surface area (Å²) in [5.41, 5.74) is -0.828. The van der Waals surface area contributed by atoms with Crippen LogP contribution in [0.25, 0.3) is 20.2 Å². The van der Waals surface area contributed by atoms with E-state index in [0.717, 1.165) is 4.70 Å². The van der Waals surface area contributed by atoms with Gasteiger partial charge < -0.3 is 10.2 Å². The third kappa shape index (κ3) is 2.06. The van der Waals surface area contributed by atoms with E-state index in [2.05, 4.69) is 0 Å². The number of carbonyl (C=O) groups is 2. The van der Waals surface area contributed by atoms with Crippen LogP contribution in [0.1, 0.15) is 20.7 Å². The maximum Gasteiger partial charge on any atom is 0.342 e. The first kappa shape index (κ1) is 14.0. The Kier molecular flexibility index (Phi) is 3.03. The molecule has 8 heteroatoms. The van der Waals surface area contributed by atoms with Crippen molar-refractivity contribution in [3.63, 3.8) is 0 Å². The van der Waals surface area contributed by atoms with Crippen LogP contribution < -0.4 is 0 Å². The molecule has 0 spiro atoms. The number of thiophene rings is 1. The fourth-order valence-corrected chi connectivity index (χ4v) is 3.37. The molecule has 0 amide bonds. The zero-order valence-corrected chi connectivity index (χ0v) is 11.6. The SMILES string of the molecule is O=C(O)c1ccc2sc3cc([N+](=O)[O-])c(C(=O)O)cc3c2c1. The van der Waals surface area contributed by atoms with Gasteiger partial charge in [0.1, 0.15) is 5.56 Å². The van der Waals surface area contributed by atoms with E-state index in [1.54, 1.807) is 6.07 Å². The van der Waals surface area contributed by atoms with Gasteiger partial charge in [-0.1, -0.05) is 0 Å². The maximum absolute atomic E-state index is 11.2. The second-order valence-corrected chi connectivity index (χ2v) is 5.63. The van der Waals surface area contributed by atoms with Gasteiger partial charge >= 0.3 is 11.9 Å². The molecule has 0 unspecified atom stereocenters. The molecule has 0 atom stereocenters. The Hall–Kier alpha value is -3.00. The van der Waals surface area contributed by atoms with E-state index in [1.807, 2.05) is 0 Å². The van der Waals surface area contributed by atoms with Crippen LogP contribution in [-0.4, -0.2) is 27.1 Å². The van der Waals surface area contributed by atoms with Crippen molar-refractivity contribution in [2.24, 2.45) is 0 Å². The van der Waals surface area contributed by atoms with Crippen molar-refractivity contribution < 1.29 is 24.7 Å². The third-order valence-electron chi connectivity index (χ3n) is 3.26. The zero-order chi connectivity index (χ0) is 16.0. The molecule has 0 aliphatic carbocycles. The predicted molar refractivity (Wildman–Crippen MR) is 79.9 cm³/mol. The van der Waals surface area contributed by atoms with Crippen molar-refractivity contribution >= 4 is 49.1 Å². The average Bonchev–Trinajstić information content (AvgIpc) is 2.82. The summed E-state index contributed by atoms with van der Waals surface area (Å²) in [6.07, 6.45) is 0. The molecule has 1 aromatic heterocycles. The van der Waals surface area contributed by atoms with Crippen LogP contribution in [-0.2, 0) is 0 Å². The molecule has 2 N–H and O–H groups in total. The van der Waals surface area contributed by atoms with Crippen molar-refractivity contribution in [3.8, 4) is 0 Å². The van der Waals surface area contributed by atoms with E-state index in [4.69, 9.17) is 10.2 Å². The molecule has 0 radical (unpaired) electrons. The van der Waals surface area contributed by atoms with E-state index in [1.165, 1.54) is 35.6 Å². The lowest BCUT2D eigenvalue weighted by molar-refractivity contribution is -0.385. The Morgan fingerprint density at radius 2 is 1.68 bits per heavy atom. The normalized spacial score (nSPS) is 10.9. The molecule has 0 aliphatic rings. The number of hydrogen-bond donors (Lipinski definition) is 2. The number of rotatable bonds is 3. The van der Waals surface area contributed by atoms with Gasteiger partial charge in [0.2, 0.25) is 0 Å². The van der Waals surface area contributed by atoms with Crippen LogP contribution in [0.5, 0.6) is 0 Å². The number of carboxylic acid groups (broad SMARTS) is 2. The topological polar surface area (TPSA) is 118 Å². The van der Waals surface area contributed by atoms with Crippen LogP contribution in [0.2, 0.25) is 0 Å². The van der Waals surface area contributed by atoms with Crippen molar-refractivity contribution in [1.29, 1.82) is 0 Å². The van der Waals surface area contributed by atoms with E-state index >= 15 is 0 Å². The number of benzene rings is 2. The standard InChI is InChI=1S/C14H7NO6S/c16-13(17)6-1-2-11-7(3-6)8-4-9(14(18)19)10(15(20)21)5-12(8)22-11/h1-5H,(H,16,17)(H,18,19). The maximum atomic E-state index is 11.2. The fourth-order valence-electron chi connectivity index (χ4n) is 2.27. The lowest BCUT2D eigenvalue weighted by atomic mass is 10.1. The molecule has 3 rings (SSSR count). The highest BCUT2D eigenvalue weighted by atomic mass is 32.1. The predicted octanol–water partition coefficient (Wildman–Crippen LogP) is 3.36. The van der Waals surface area contributed by atoms with Crippen molar-refractivity contribution in [3.05, 3.63) is 51.6 Å². The van der Waals surface area contributed by atoms with Gasteiger partial charge in [-0.05, 0) is 24.3 Å². The average molecular weight is 317 g/mol. The van der Waals surface area contributed by atoms with Gasteiger partial charge in [0.25, 0.3) is 5.69 Å². The number of nitro groups is 1. The summed E-state index contributed by atoms with van der Waals surface area (Å²) in [4.78, 5) is 32.5. The smallest absolute Gasteiger partial charge is 0.342 e. The summed E-state index contributed by atoms with van der Waals surface area (Å²) in [6, 6.07) is 6.92. The molecule has 0 aliphatic heterocycles. The fraction of sp³-hybridized carbons (Fsp3) is 0. The molecule has 1 heterocycles. The van der Waals surface area contributed by atoms with Crippen molar-refractivity contribution in [1.82, 2.24) is 0 Å². The van der Waals surface area contributed by atoms with Gasteiger partial charge in [0, 0.05) is 26.2 Å². The molecule has 2 aromatic carbocycles. The number of fused-ring (bicyclic) bond motifs is 3. The minimum atomic E-state index is -1.40. The van der Waals surface area contributed by atoms with Gasteiger partial charge in [-0.3, -0.25) is 10.1 Å². The number of aromatic carboxylic acids is 2. The third-order valence-corrected chi connectivity index (χ3v) is 4.40. The van der Waals surface area contributed by atoms with Gasteiger partial charge in [-0.2, -0.15) is 0 Å². The number of hydrogen-bond acceptors (Lipinski definition) is 5. The van der Waals surface area contributed by atoms with Crippen LogP contribution in [0.4, 0.5) is 5.69 Å². The highest BCUT2D eigenvalue weighted by Crippen LogP contribution is 2.38. The van der Waals surface area contributed by atoms with E-state index in [-0.39, 0.29) is 5.56 Å². The van der Waals surface area contributed by atoms with Crippen molar-refractivity contribution in [2.45, 2.75) is 0 Å². The van der Waals surface area contributed by atoms with Gasteiger partial charge in [0.15, 0.2) is 0 Å². The van der Waals surface area contributed by atoms with Crippen LogP contribution in [0.3, 0.4) is 0 Å². The largest absolute Gasteiger partial charge is 0.478 e. The number of nitrogens with zero attached hydrogens (tertiary/aromatic N) is 1. The van der Waals surface area contributed by atoms with Crippen LogP contribution in [0, 0.1) is 10.1 Å². The zero-order valence-electron chi connectivity index (χ0n) is 10.8. The second-order valence-electron chi connectivity index (χ2n) is 4.55. The van der Waals surface area contributed by atoms with Crippen molar-refractivity contribution in [2.75, 3.05) is 0 Å². The van der Waals surface area contributed by atoms with Gasteiger partial charge in [0.05, 0.1) is 10.5 Å². The highest BCUT2D eigenvalue weighted by molar-refractivity contribution is 7.25. The summed E-state index contributed by atoms with van der Waals surface area (Å²) < 4.78 is 1.27. The Morgan fingerprint density at radius 3 is 2.27 bits per heavy atom. The minimum absolute atomic E-state index is 0.0717. The number of carboxylic acids is 2. The molecule has 0 saturated carbocycles. The molecule has 7 nitrogen and oxygen atoms in total. The Bertz CT molecular complexity index is 974. The molecule has 0 saturated heterocycles. The number of nitro benzene ring substituents is 1. The lowest BCUT2D eigenvalue weighted by Crippen LogP contribution is -2.02. The molecule has 3 aromatic rings. The summed E-state index contributed by atoms with van der Waals surface area (Å²) in [5, 5.41) is 30.2. The molecule has 110 valence electrons. The Morgan fingerprint density at radius 1 is 1.00 bits per heavy atom. The first-order valence-electron chi connectivity index (χ1n) is 6.00. The molecule has 0 bridgehead atoms. The van der Waals surface area contributed by atoms with E-state index in [0.29, 0.717) is 15.5 Å². The first-order valence-corrected chi connectivity index (χ1v) is 6.81. The molecular weight excluding hydrogens is 310 g/mol. The van der Waals surface area contributed by atoms with Gasteiger partial charge in [-0.25, -0.2) is 9.59 Å². The summed E-state index contributed by atoms with van der Waals surface area (Å²) in [7, 11) is 0. The Balaban J connectivity index is 2.41. The summed E-state index contributed by atoms with van der Waals surface area (Å²) in [6.45, 7) is 0. The van der Waals surface area contributed by atoms with Crippen LogP contribution in [0.15, 0.2) is 30.3 Å². The monoisotopic (exact) mass is 317 g/mol. The summed E-state index contributed by atoms with van der Waals surface area (Å²) in [5.74, 6) is -2.50. The first-order chi connectivity index (χ1) is 10.4. The lowest BCUT2D eigenvalue weighted by Gasteiger charge is -1.99. The second kappa shape index (κ2) is 4.78. The van der Waals surface area contributed by atoms with E-state index in [9.17, 15) is 19.7 Å². The van der Waals surface area contributed by atoms with Crippen LogP contribution >= 0.6 is 11.3 Å². The highest BCUT2D eigenvalue weighted by Gasteiger charge is 2.22. The molecular formula is C14H7NO6S. The molecule has 0 fully saturated rings. The summed E-state index contributed by atoms with van der Waals surface area (Å²) >= 11 is 1.24. The minimum Gasteiger partial charge on any atom is -0.478 e. The quantitative estimate of drug-likeness (QED) is 0.565. The molecule has 22 heavy (non-hydrogen) atoms. The Labute approximate surface area is 126 Å².